The molecule has 27 heavy (non-hydrogen) atoms. The highest BCUT2D eigenvalue weighted by atomic mass is 16.5. The molecule has 138 valence electrons. The topological polar surface area (TPSA) is 120 Å². The van der Waals surface area contributed by atoms with E-state index < -0.39 is 0 Å². The zero-order valence-electron chi connectivity index (χ0n) is 14.3. The number of ether oxygens (including phenoxy) is 1. The molecule has 0 atom stereocenters. The normalized spacial score (nSPS) is 14.3. The van der Waals surface area contributed by atoms with Crippen LogP contribution in [0.1, 0.15) is 20.7 Å². The molecule has 1 fully saturated rings. The molecule has 0 radical (unpaired) electrons. The molecule has 0 aliphatic carbocycles. The highest BCUT2D eigenvalue weighted by Crippen LogP contribution is 2.15. The molecule has 0 bridgehead atoms. The Morgan fingerprint density at radius 1 is 1.07 bits per heavy atom. The number of hydrogen-bond donors (Lipinski definition) is 3. The monoisotopic (exact) mass is 367 g/mol. The summed E-state index contributed by atoms with van der Waals surface area (Å²) in [4.78, 5) is 47.0. The number of imidazole rings is 1. The number of anilines is 1. The van der Waals surface area contributed by atoms with Gasteiger partial charge in [-0.15, -0.1) is 0 Å². The highest BCUT2D eigenvalue weighted by molar-refractivity contribution is 6.05. The van der Waals surface area contributed by atoms with Gasteiger partial charge in [-0.25, -0.2) is 9.78 Å². The molecule has 0 unspecified atom stereocenters. The van der Waals surface area contributed by atoms with E-state index in [1.54, 1.807) is 35.2 Å². The van der Waals surface area contributed by atoms with Crippen LogP contribution in [0.5, 0.6) is 0 Å². The summed E-state index contributed by atoms with van der Waals surface area (Å²) in [6, 6.07) is 8.26. The number of pyridine rings is 1. The number of aromatic nitrogens is 3. The summed E-state index contributed by atoms with van der Waals surface area (Å²) in [5.74, 6) is -0.416. The zero-order valence-corrected chi connectivity index (χ0v) is 14.3. The number of nitrogens with zero attached hydrogens (tertiary/aromatic N) is 2. The van der Waals surface area contributed by atoms with E-state index in [0.717, 1.165) is 0 Å². The van der Waals surface area contributed by atoms with Crippen LogP contribution in [-0.2, 0) is 4.74 Å². The number of aromatic amines is 2. The van der Waals surface area contributed by atoms with Crippen molar-refractivity contribution in [1.29, 1.82) is 0 Å². The fourth-order valence-electron chi connectivity index (χ4n) is 2.89. The van der Waals surface area contributed by atoms with Crippen molar-refractivity contribution in [3.05, 3.63) is 58.1 Å². The third kappa shape index (κ3) is 3.58. The molecule has 1 aliphatic heterocycles. The molecule has 0 saturated carbocycles. The van der Waals surface area contributed by atoms with Crippen LogP contribution in [0.25, 0.3) is 11.2 Å². The van der Waals surface area contributed by atoms with E-state index in [0.29, 0.717) is 54.3 Å². The number of carbonyl (C=O) groups is 2. The van der Waals surface area contributed by atoms with Gasteiger partial charge in [0.05, 0.1) is 24.3 Å². The lowest BCUT2D eigenvalue weighted by Gasteiger charge is -2.26. The number of morpholine rings is 1. The molecule has 2 amide bonds. The van der Waals surface area contributed by atoms with E-state index >= 15 is 0 Å². The number of amides is 2. The summed E-state index contributed by atoms with van der Waals surface area (Å²) in [5.41, 5.74) is 1.90. The van der Waals surface area contributed by atoms with Gasteiger partial charge in [0.15, 0.2) is 5.65 Å². The van der Waals surface area contributed by atoms with Crippen LogP contribution in [0, 0.1) is 0 Å². The summed E-state index contributed by atoms with van der Waals surface area (Å²) in [7, 11) is 0. The Hall–Kier alpha value is -3.46. The quantitative estimate of drug-likeness (QED) is 0.637. The lowest BCUT2D eigenvalue weighted by atomic mass is 10.1. The van der Waals surface area contributed by atoms with Gasteiger partial charge in [0.1, 0.15) is 0 Å². The Bertz CT molecular complexity index is 1050. The van der Waals surface area contributed by atoms with Gasteiger partial charge in [0.25, 0.3) is 11.8 Å². The first-order chi connectivity index (χ1) is 13.1. The first kappa shape index (κ1) is 17.0. The van der Waals surface area contributed by atoms with Crippen molar-refractivity contribution in [3.63, 3.8) is 0 Å². The molecule has 9 heteroatoms. The number of fused-ring (bicyclic) bond motifs is 1. The number of hydrogen-bond acceptors (Lipinski definition) is 5. The molecule has 9 nitrogen and oxygen atoms in total. The molecule has 1 aromatic carbocycles. The van der Waals surface area contributed by atoms with Crippen LogP contribution >= 0.6 is 0 Å². The number of carbonyl (C=O) groups excluding carboxylic acids is 2. The molecule has 3 N–H and O–H groups in total. The molecular formula is C18H17N5O4. The number of nitrogens with one attached hydrogen (secondary N) is 3. The fraction of sp³-hybridized carbons (Fsp3) is 0.222. The van der Waals surface area contributed by atoms with Crippen molar-refractivity contribution in [1.82, 2.24) is 19.9 Å². The molecule has 4 rings (SSSR count). The Kier molecular flexibility index (Phi) is 4.43. The second-order valence-corrected chi connectivity index (χ2v) is 6.14. The lowest BCUT2D eigenvalue weighted by molar-refractivity contribution is 0.0303. The van der Waals surface area contributed by atoms with Crippen LogP contribution in [0.15, 0.2) is 41.3 Å². The maximum atomic E-state index is 12.4. The molecule has 3 heterocycles. The predicted octanol–water partition coefficient (Wildman–Crippen LogP) is 0.976. The second kappa shape index (κ2) is 7.04. The van der Waals surface area contributed by atoms with Crippen molar-refractivity contribution in [2.75, 3.05) is 31.6 Å². The third-order valence-corrected chi connectivity index (χ3v) is 4.32. The molecule has 1 aliphatic rings. The molecule has 0 spiro atoms. The van der Waals surface area contributed by atoms with E-state index in [2.05, 4.69) is 20.3 Å². The van der Waals surface area contributed by atoms with Gasteiger partial charge in [-0.3, -0.25) is 14.6 Å². The van der Waals surface area contributed by atoms with Crippen molar-refractivity contribution >= 4 is 28.7 Å². The van der Waals surface area contributed by atoms with Crippen molar-refractivity contribution in [2.45, 2.75) is 0 Å². The number of rotatable bonds is 3. The average Bonchev–Trinajstić information content (AvgIpc) is 3.08. The smallest absolute Gasteiger partial charge is 0.325 e. The van der Waals surface area contributed by atoms with Gasteiger partial charge in [0.2, 0.25) is 0 Å². The minimum absolute atomic E-state index is 0.0535. The zero-order chi connectivity index (χ0) is 18.8. The van der Waals surface area contributed by atoms with Crippen LogP contribution in [0.3, 0.4) is 0 Å². The molecule has 2 aromatic heterocycles. The summed E-state index contributed by atoms with van der Waals surface area (Å²) < 4.78 is 5.25. The first-order valence-electron chi connectivity index (χ1n) is 8.46. The average molecular weight is 367 g/mol. The van der Waals surface area contributed by atoms with Crippen LogP contribution in [0.2, 0.25) is 0 Å². The van der Waals surface area contributed by atoms with Gasteiger partial charge < -0.3 is 19.9 Å². The first-order valence-corrected chi connectivity index (χ1v) is 8.46. The second-order valence-electron chi connectivity index (χ2n) is 6.14. The van der Waals surface area contributed by atoms with E-state index in [1.807, 2.05) is 0 Å². The van der Waals surface area contributed by atoms with Crippen LogP contribution < -0.4 is 11.0 Å². The van der Waals surface area contributed by atoms with E-state index in [-0.39, 0.29) is 17.5 Å². The van der Waals surface area contributed by atoms with E-state index in [4.69, 9.17) is 4.74 Å². The molecule has 1 saturated heterocycles. The van der Waals surface area contributed by atoms with Gasteiger partial charge in [-0.2, -0.15) is 0 Å². The summed E-state index contributed by atoms with van der Waals surface area (Å²) in [6.07, 6.45) is 1.39. The van der Waals surface area contributed by atoms with Gasteiger partial charge in [-0.05, 0) is 30.3 Å². The van der Waals surface area contributed by atoms with Crippen molar-refractivity contribution in [2.24, 2.45) is 0 Å². The van der Waals surface area contributed by atoms with Crippen molar-refractivity contribution in [3.8, 4) is 0 Å². The minimum Gasteiger partial charge on any atom is -0.378 e. The third-order valence-electron chi connectivity index (χ3n) is 4.32. The van der Waals surface area contributed by atoms with E-state index in [9.17, 15) is 14.4 Å². The summed E-state index contributed by atoms with van der Waals surface area (Å²) in [5, 5.41) is 2.75. The number of H-pyrrole nitrogens is 2. The maximum Gasteiger partial charge on any atom is 0.325 e. The maximum absolute atomic E-state index is 12.4. The Morgan fingerprint density at radius 3 is 2.56 bits per heavy atom. The van der Waals surface area contributed by atoms with Gasteiger partial charge >= 0.3 is 5.69 Å². The largest absolute Gasteiger partial charge is 0.378 e. The highest BCUT2D eigenvalue weighted by Gasteiger charge is 2.18. The summed E-state index contributed by atoms with van der Waals surface area (Å²) >= 11 is 0. The SMILES string of the molecule is O=C(Nc1ccc(C(=O)N2CCOCC2)cc1)c1cnc2[nH]c(=O)[nH]c2c1. The Labute approximate surface area is 153 Å². The standard InChI is InChI=1S/C18H17N5O4/c24-16(12-9-14-15(19-10-12)22-18(26)21-14)20-13-3-1-11(2-4-13)17(25)23-5-7-27-8-6-23/h1-4,9-10H,5-8H2,(H,20,24)(H2,19,21,22,26). The Morgan fingerprint density at radius 2 is 1.81 bits per heavy atom. The van der Waals surface area contributed by atoms with E-state index in [1.165, 1.54) is 6.20 Å². The molecule has 3 aromatic rings. The van der Waals surface area contributed by atoms with Crippen LogP contribution in [-0.4, -0.2) is 58.0 Å². The minimum atomic E-state index is -0.379. The van der Waals surface area contributed by atoms with Crippen LogP contribution in [0.4, 0.5) is 5.69 Å². The molecular weight excluding hydrogens is 350 g/mol. The predicted molar refractivity (Wildman–Crippen MR) is 97.8 cm³/mol. The van der Waals surface area contributed by atoms with Crippen molar-refractivity contribution < 1.29 is 14.3 Å². The van der Waals surface area contributed by atoms with Gasteiger partial charge in [0, 0.05) is 30.5 Å². The number of benzene rings is 1. The Balaban J connectivity index is 1.46. The summed E-state index contributed by atoms with van der Waals surface area (Å²) in [6.45, 7) is 2.25. The lowest BCUT2D eigenvalue weighted by Crippen LogP contribution is -2.40. The fourth-order valence-corrected chi connectivity index (χ4v) is 2.89. The van der Waals surface area contributed by atoms with Gasteiger partial charge in [-0.1, -0.05) is 0 Å².